The molecule has 0 heterocycles. The van der Waals surface area contributed by atoms with Gasteiger partial charge in [0.05, 0.1) is 0 Å². The molecule has 0 aromatic rings. The number of carbonyl (C=O) groups is 1. The summed E-state index contributed by atoms with van der Waals surface area (Å²) in [5.74, 6) is -4.41. The maximum atomic E-state index is 13.2. The first-order valence-corrected chi connectivity index (χ1v) is 5.38. The van der Waals surface area contributed by atoms with E-state index >= 15 is 0 Å². The molecule has 1 aliphatic carbocycles. The van der Waals surface area contributed by atoms with Crippen LogP contribution in [0.4, 0.5) is 8.78 Å². The van der Waals surface area contributed by atoms with Gasteiger partial charge in [-0.25, -0.2) is 8.78 Å². The number of halogens is 2. The minimum absolute atomic E-state index is 0.0659. The number of nitrogens with one attached hydrogen (secondary N) is 1. The Labute approximate surface area is 89.4 Å². The molecule has 15 heavy (non-hydrogen) atoms. The number of alkyl halides is 2. The fraction of sp³-hybridized carbons (Fsp3) is 0.909. The van der Waals surface area contributed by atoms with Crippen molar-refractivity contribution in [2.75, 3.05) is 6.54 Å². The molecule has 4 heteroatoms. The largest absolute Gasteiger partial charge is 0.355 e. The first-order valence-electron chi connectivity index (χ1n) is 5.38. The van der Waals surface area contributed by atoms with Gasteiger partial charge in [0, 0.05) is 13.0 Å². The maximum absolute atomic E-state index is 13.2. The summed E-state index contributed by atoms with van der Waals surface area (Å²) in [6.07, 6.45) is 0.601. The smallest absolute Gasteiger partial charge is 0.259 e. The van der Waals surface area contributed by atoms with Crippen LogP contribution in [-0.4, -0.2) is 18.4 Å². The predicted molar refractivity (Wildman–Crippen MR) is 54.8 cm³/mol. The van der Waals surface area contributed by atoms with E-state index in [0.717, 1.165) is 0 Å². The molecule has 0 saturated heterocycles. The molecule has 0 aliphatic heterocycles. The third-order valence-electron chi connectivity index (χ3n) is 2.62. The van der Waals surface area contributed by atoms with E-state index in [1.807, 2.05) is 20.8 Å². The van der Waals surface area contributed by atoms with Crippen LogP contribution in [0.25, 0.3) is 0 Å². The highest BCUT2D eigenvalue weighted by molar-refractivity contribution is 5.80. The Morgan fingerprint density at radius 1 is 1.47 bits per heavy atom. The van der Waals surface area contributed by atoms with Crippen molar-refractivity contribution in [2.45, 2.75) is 46.0 Å². The van der Waals surface area contributed by atoms with Crippen LogP contribution in [0.3, 0.4) is 0 Å². The Balaban J connectivity index is 2.48. The second-order valence-corrected chi connectivity index (χ2v) is 5.48. The maximum Gasteiger partial charge on any atom is 0.259 e. The zero-order chi connectivity index (χ0) is 11.7. The van der Waals surface area contributed by atoms with E-state index in [-0.39, 0.29) is 11.8 Å². The molecule has 1 saturated carbocycles. The molecule has 88 valence electrons. The van der Waals surface area contributed by atoms with Crippen molar-refractivity contribution in [3.8, 4) is 0 Å². The average Bonchev–Trinajstić information content (AvgIpc) is 2.40. The minimum Gasteiger partial charge on any atom is -0.355 e. The molecule has 1 amide bonds. The van der Waals surface area contributed by atoms with Crippen LogP contribution in [-0.2, 0) is 4.79 Å². The molecular formula is C11H19F2NO. The fourth-order valence-electron chi connectivity index (χ4n) is 1.73. The number of hydrogen-bond acceptors (Lipinski definition) is 1. The minimum atomic E-state index is -2.80. The molecule has 0 radical (unpaired) electrons. The van der Waals surface area contributed by atoms with Gasteiger partial charge >= 0.3 is 0 Å². The van der Waals surface area contributed by atoms with Gasteiger partial charge < -0.3 is 5.32 Å². The molecule has 2 nitrogen and oxygen atoms in total. The second-order valence-electron chi connectivity index (χ2n) is 5.48. The van der Waals surface area contributed by atoms with Crippen LogP contribution in [0.1, 0.15) is 40.0 Å². The lowest BCUT2D eigenvalue weighted by molar-refractivity contribution is -0.136. The molecule has 1 unspecified atom stereocenters. The Kier molecular flexibility index (Phi) is 3.36. The lowest BCUT2D eigenvalue weighted by Gasteiger charge is -2.23. The van der Waals surface area contributed by atoms with E-state index in [9.17, 15) is 13.6 Å². The van der Waals surface area contributed by atoms with Gasteiger partial charge in [0.1, 0.15) is 5.92 Å². The molecule has 0 spiro atoms. The van der Waals surface area contributed by atoms with Gasteiger partial charge in [-0.3, -0.25) is 4.79 Å². The topological polar surface area (TPSA) is 29.1 Å². The summed E-state index contributed by atoms with van der Waals surface area (Å²) >= 11 is 0. The third-order valence-corrected chi connectivity index (χ3v) is 2.62. The summed E-state index contributed by atoms with van der Waals surface area (Å²) in [6.45, 7) is 6.32. The van der Waals surface area contributed by atoms with Crippen molar-refractivity contribution in [3.05, 3.63) is 0 Å². The first-order chi connectivity index (χ1) is 6.72. The number of carbonyl (C=O) groups excluding carboxylic acids is 1. The molecule has 0 aromatic heterocycles. The lowest BCUT2D eigenvalue weighted by atomic mass is 9.96. The standard InChI is InChI=1S/C11H19F2NO/c1-10(2,3)7-14-9(15)8-5-4-6-11(8,12)13/h8H,4-7H2,1-3H3,(H,14,15). The quantitative estimate of drug-likeness (QED) is 0.760. The van der Waals surface area contributed by atoms with Crippen LogP contribution in [0.15, 0.2) is 0 Å². The molecule has 1 fully saturated rings. The van der Waals surface area contributed by atoms with E-state index in [1.54, 1.807) is 0 Å². The summed E-state index contributed by atoms with van der Waals surface area (Å²) in [4.78, 5) is 11.5. The highest BCUT2D eigenvalue weighted by Crippen LogP contribution is 2.40. The van der Waals surface area contributed by atoms with E-state index in [4.69, 9.17) is 0 Å². The number of hydrogen-bond donors (Lipinski definition) is 1. The van der Waals surface area contributed by atoms with Gasteiger partial charge in [-0.1, -0.05) is 20.8 Å². The lowest BCUT2D eigenvalue weighted by Crippen LogP contribution is -2.41. The highest BCUT2D eigenvalue weighted by Gasteiger charge is 2.47. The van der Waals surface area contributed by atoms with Crippen molar-refractivity contribution in [2.24, 2.45) is 11.3 Å². The normalized spacial score (nSPS) is 25.3. The number of amides is 1. The van der Waals surface area contributed by atoms with E-state index in [2.05, 4.69) is 5.32 Å². The summed E-state index contributed by atoms with van der Waals surface area (Å²) in [7, 11) is 0. The zero-order valence-corrected chi connectivity index (χ0v) is 9.57. The summed E-state index contributed by atoms with van der Waals surface area (Å²) in [5.41, 5.74) is -0.0659. The van der Waals surface area contributed by atoms with Gasteiger partial charge in [0.2, 0.25) is 5.91 Å². The average molecular weight is 219 g/mol. The van der Waals surface area contributed by atoms with E-state index < -0.39 is 17.7 Å². The molecular weight excluding hydrogens is 200 g/mol. The Bertz CT molecular complexity index is 245. The van der Waals surface area contributed by atoms with Crippen molar-refractivity contribution in [1.82, 2.24) is 5.32 Å². The van der Waals surface area contributed by atoms with Crippen molar-refractivity contribution >= 4 is 5.91 Å². The van der Waals surface area contributed by atoms with Gasteiger partial charge in [-0.15, -0.1) is 0 Å². The van der Waals surface area contributed by atoms with Crippen LogP contribution in [0, 0.1) is 11.3 Å². The molecule has 0 aromatic carbocycles. The van der Waals surface area contributed by atoms with E-state index in [1.165, 1.54) is 0 Å². The Morgan fingerprint density at radius 2 is 2.07 bits per heavy atom. The van der Waals surface area contributed by atoms with Gasteiger partial charge in [-0.05, 0) is 18.3 Å². The molecule has 0 bridgehead atoms. The molecule has 1 aliphatic rings. The number of rotatable bonds is 2. The Hall–Kier alpha value is -0.670. The highest BCUT2D eigenvalue weighted by atomic mass is 19.3. The summed E-state index contributed by atoms with van der Waals surface area (Å²) < 4.78 is 26.4. The first kappa shape index (κ1) is 12.4. The Morgan fingerprint density at radius 3 is 2.47 bits per heavy atom. The summed E-state index contributed by atoms with van der Waals surface area (Å²) in [6, 6.07) is 0. The molecule has 1 rings (SSSR count). The monoisotopic (exact) mass is 219 g/mol. The van der Waals surface area contributed by atoms with Crippen LogP contribution in [0.5, 0.6) is 0 Å². The van der Waals surface area contributed by atoms with Gasteiger partial charge in [0.25, 0.3) is 5.92 Å². The van der Waals surface area contributed by atoms with Gasteiger partial charge in [-0.2, -0.15) is 0 Å². The fourth-order valence-corrected chi connectivity index (χ4v) is 1.73. The van der Waals surface area contributed by atoms with Crippen LogP contribution < -0.4 is 5.32 Å². The van der Waals surface area contributed by atoms with E-state index in [0.29, 0.717) is 19.4 Å². The van der Waals surface area contributed by atoms with Crippen LogP contribution in [0.2, 0.25) is 0 Å². The molecule has 1 N–H and O–H groups in total. The van der Waals surface area contributed by atoms with Crippen molar-refractivity contribution in [3.63, 3.8) is 0 Å². The van der Waals surface area contributed by atoms with Gasteiger partial charge in [0.15, 0.2) is 0 Å². The predicted octanol–water partition coefficient (Wildman–Crippen LogP) is 2.58. The third kappa shape index (κ3) is 3.43. The van der Waals surface area contributed by atoms with Crippen LogP contribution >= 0.6 is 0 Å². The zero-order valence-electron chi connectivity index (χ0n) is 9.57. The SMILES string of the molecule is CC(C)(C)CNC(=O)C1CCCC1(F)F. The second kappa shape index (κ2) is 4.06. The van der Waals surface area contributed by atoms with Crippen molar-refractivity contribution in [1.29, 1.82) is 0 Å². The van der Waals surface area contributed by atoms with Crippen molar-refractivity contribution < 1.29 is 13.6 Å². The molecule has 1 atom stereocenters. The summed E-state index contributed by atoms with van der Waals surface area (Å²) in [5, 5.41) is 2.60.